The molecule has 0 radical (unpaired) electrons. The summed E-state index contributed by atoms with van der Waals surface area (Å²) >= 11 is 0. The van der Waals surface area contributed by atoms with E-state index in [1.165, 1.54) is 6.26 Å². The highest BCUT2D eigenvalue weighted by atomic mass is 16.5. The standard InChI is InChI=1S/C11H11NO3/c1-2-14-11(13)8-6-15-10-7(8)4-3-5-9(10)12/h3-6H,2,12H2,1H3. The minimum absolute atomic E-state index is 0.341. The Morgan fingerprint density at radius 1 is 1.53 bits per heavy atom. The van der Waals surface area contributed by atoms with Crippen LogP contribution in [0.3, 0.4) is 0 Å². The van der Waals surface area contributed by atoms with E-state index in [2.05, 4.69) is 0 Å². The zero-order valence-corrected chi connectivity index (χ0v) is 8.32. The maximum atomic E-state index is 11.5. The first kappa shape index (κ1) is 9.58. The van der Waals surface area contributed by atoms with Crippen LogP contribution in [-0.2, 0) is 4.74 Å². The molecule has 2 aromatic rings. The van der Waals surface area contributed by atoms with Crippen molar-refractivity contribution in [1.29, 1.82) is 0 Å². The molecular weight excluding hydrogens is 194 g/mol. The van der Waals surface area contributed by atoms with Crippen molar-refractivity contribution in [2.45, 2.75) is 6.92 Å². The van der Waals surface area contributed by atoms with Crippen molar-refractivity contribution >= 4 is 22.6 Å². The topological polar surface area (TPSA) is 65.5 Å². The predicted octanol–water partition coefficient (Wildman–Crippen LogP) is 2.19. The van der Waals surface area contributed by atoms with E-state index in [4.69, 9.17) is 14.9 Å². The number of anilines is 1. The number of ether oxygens (including phenoxy) is 1. The van der Waals surface area contributed by atoms with Gasteiger partial charge in [-0.15, -0.1) is 0 Å². The molecule has 15 heavy (non-hydrogen) atoms. The first-order chi connectivity index (χ1) is 7.24. The number of para-hydroxylation sites is 1. The molecule has 1 aromatic heterocycles. The van der Waals surface area contributed by atoms with Crippen LogP contribution in [0, 0.1) is 0 Å². The fraction of sp³-hybridized carbons (Fsp3) is 0.182. The minimum Gasteiger partial charge on any atom is -0.462 e. The third kappa shape index (κ3) is 1.54. The first-order valence-corrected chi connectivity index (χ1v) is 4.67. The van der Waals surface area contributed by atoms with Crippen molar-refractivity contribution in [3.8, 4) is 0 Å². The summed E-state index contributed by atoms with van der Waals surface area (Å²) in [5, 5.41) is 0.688. The number of esters is 1. The highest BCUT2D eigenvalue weighted by Crippen LogP contribution is 2.26. The summed E-state index contributed by atoms with van der Waals surface area (Å²) in [6, 6.07) is 5.28. The molecule has 1 heterocycles. The number of nitrogens with two attached hydrogens (primary N) is 1. The normalized spacial score (nSPS) is 10.5. The highest BCUT2D eigenvalue weighted by molar-refractivity contribution is 6.05. The smallest absolute Gasteiger partial charge is 0.342 e. The molecule has 78 valence electrons. The molecule has 0 saturated heterocycles. The number of furan rings is 1. The largest absolute Gasteiger partial charge is 0.462 e. The molecule has 0 spiro atoms. The molecule has 1 aromatic carbocycles. The minimum atomic E-state index is -0.387. The summed E-state index contributed by atoms with van der Waals surface area (Å²) in [7, 11) is 0. The van der Waals surface area contributed by atoms with Crippen LogP contribution in [-0.4, -0.2) is 12.6 Å². The average Bonchev–Trinajstić information content (AvgIpc) is 2.63. The van der Waals surface area contributed by atoms with Gasteiger partial charge in [0.15, 0.2) is 5.58 Å². The molecule has 0 unspecified atom stereocenters. The quantitative estimate of drug-likeness (QED) is 0.602. The number of benzene rings is 1. The van der Waals surface area contributed by atoms with Crippen molar-refractivity contribution in [3.05, 3.63) is 30.0 Å². The van der Waals surface area contributed by atoms with Crippen LogP contribution in [0.15, 0.2) is 28.9 Å². The maximum Gasteiger partial charge on any atom is 0.342 e. The van der Waals surface area contributed by atoms with Crippen LogP contribution in [0.2, 0.25) is 0 Å². The summed E-state index contributed by atoms with van der Waals surface area (Å²) in [6.07, 6.45) is 1.37. The summed E-state index contributed by atoms with van der Waals surface area (Å²) < 4.78 is 10.1. The van der Waals surface area contributed by atoms with Gasteiger partial charge in [0.1, 0.15) is 11.8 Å². The van der Waals surface area contributed by atoms with Crippen LogP contribution >= 0.6 is 0 Å². The van der Waals surface area contributed by atoms with E-state index in [0.717, 1.165) is 0 Å². The molecule has 0 aliphatic carbocycles. The van der Waals surface area contributed by atoms with E-state index in [1.54, 1.807) is 25.1 Å². The lowest BCUT2D eigenvalue weighted by Gasteiger charge is -1.98. The summed E-state index contributed by atoms with van der Waals surface area (Å²) in [6.45, 7) is 2.10. The van der Waals surface area contributed by atoms with Crippen molar-refractivity contribution in [2.75, 3.05) is 12.3 Å². The average molecular weight is 205 g/mol. The lowest BCUT2D eigenvalue weighted by atomic mass is 10.1. The number of hydrogen-bond donors (Lipinski definition) is 1. The molecule has 0 saturated carbocycles. The van der Waals surface area contributed by atoms with Gasteiger partial charge in [-0.2, -0.15) is 0 Å². The monoisotopic (exact) mass is 205 g/mol. The predicted molar refractivity (Wildman–Crippen MR) is 56.6 cm³/mol. The third-order valence-corrected chi connectivity index (χ3v) is 2.13. The molecule has 2 rings (SSSR count). The highest BCUT2D eigenvalue weighted by Gasteiger charge is 2.15. The van der Waals surface area contributed by atoms with Gasteiger partial charge in [0, 0.05) is 5.39 Å². The van der Waals surface area contributed by atoms with Crippen LogP contribution in [0.1, 0.15) is 17.3 Å². The first-order valence-electron chi connectivity index (χ1n) is 4.67. The lowest BCUT2D eigenvalue weighted by molar-refractivity contribution is 0.0527. The van der Waals surface area contributed by atoms with Crippen LogP contribution in [0.4, 0.5) is 5.69 Å². The Morgan fingerprint density at radius 2 is 2.33 bits per heavy atom. The Morgan fingerprint density at radius 3 is 3.07 bits per heavy atom. The molecule has 4 heteroatoms. The number of carbonyl (C=O) groups is 1. The van der Waals surface area contributed by atoms with Gasteiger partial charge in [0.25, 0.3) is 0 Å². The van der Waals surface area contributed by atoms with Gasteiger partial charge >= 0.3 is 5.97 Å². The van der Waals surface area contributed by atoms with Gasteiger partial charge in [-0.25, -0.2) is 4.79 Å². The molecule has 0 fully saturated rings. The van der Waals surface area contributed by atoms with Gasteiger partial charge in [0.05, 0.1) is 12.3 Å². The van der Waals surface area contributed by atoms with Crippen LogP contribution < -0.4 is 5.73 Å². The fourth-order valence-electron chi connectivity index (χ4n) is 1.45. The van der Waals surface area contributed by atoms with Crippen molar-refractivity contribution in [3.63, 3.8) is 0 Å². The van der Waals surface area contributed by atoms with Gasteiger partial charge in [-0.05, 0) is 13.0 Å². The van der Waals surface area contributed by atoms with Gasteiger partial charge < -0.3 is 14.9 Å². The maximum absolute atomic E-state index is 11.5. The number of carbonyl (C=O) groups excluding carboxylic acids is 1. The molecule has 0 aliphatic heterocycles. The Labute approximate surface area is 86.6 Å². The number of fused-ring (bicyclic) bond motifs is 1. The second-order valence-electron chi connectivity index (χ2n) is 3.09. The summed E-state index contributed by atoms with van der Waals surface area (Å²) in [5.41, 5.74) is 7.16. The molecule has 4 nitrogen and oxygen atoms in total. The molecular formula is C11H11NO3. The zero-order valence-electron chi connectivity index (χ0n) is 8.32. The van der Waals surface area contributed by atoms with Crippen molar-refractivity contribution < 1.29 is 13.9 Å². The second kappa shape index (κ2) is 3.65. The number of hydrogen-bond acceptors (Lipinski definition) is 4. The molecule has 0 amide bonds. The fourth-order valence-corrected chi connectivity index (χ4v) is 1.45. The number of rotatable bonds is 2. The SMILES string of the molecule is CCOC(=O)c1coc2c(N)cccc12. The Kier molecular flexibility index (Phi) is 2.33. The van der Waals surface area contributed by atoms with E-state index in [0.29, 0.717) is 28.8 Å². The molecule has 0 aliphatic rings. The lowest BCUT2D eigenvalue weighted by Crippen LogP contribution is -2.03. The van der Waals surface area contributed by atoms with E-state index in [1.807, 2.05) is 0 Å². The summed E-state index contributed by atoms with van der Waals surface area (Å²) in [5.74, 6) is -0.387. The second-order valence-corrected chi connectivity index (χ2v) is 3.09. The molecule has 0 bridgehead atoms. The Balaban J connectivity index is 2.54. The van der Waals surface area contributed by atoms with Gasteiger partial charge in [-0.3, -0.25) is 0 Å². The summed E-state index contributed by atoms with van der Waals surface area (Å²) in [4.78, 5) is 11.5. The van der Waals surface area contributed by atoms with E-state index >= 15 is 0 Å². The van der Waals surface area contributed by atoms with E-state index < -0.39 is 0 Å². The third-order valence-electron chi connectivity index (χ3n) is 2.13. The van der Waals surface area contributed by atoms with Crippen molar-refractivity contribution in [2.24, 2.45) is 0 Å². The Hall–Kier alpha value is -1.97. The number of nitrogen functional groups attached to an aromatic ring is 1. The van der Waals surface area contributed by atoms with Gasteiger partial charge in [-0.1, -0.05) is 12.1 Å². The van der Waals surface area contributed by atoms with Crippen LogP contribution in [0.25, 0.3) is 11.0 Å². The van der Waals surface area contributed by atoms with Crippen LogP contribution in [0.5, 0.6) is 0 Å². The Bertz CT molecular complexity index is 502. The molecule has 2 N–H and O–H groups in total. The van der Waals surface area contributed by atoms with Crippen molar-refractivity contribution in [1.82, 2.24) is 0 Å². The van der Waals surface area contributed by atoms with E-state index in [9.17, 15) is 4.79 Å². The molecule has 0 atom stereocenters. The zero-order chi connectivity index (χ0) is 10.8. The van der Waals surface area contributed by atoms with Gasteiger partial charge in [0.2, 0.25) is 0 Å². The van der Waals surface area contributed by atoms with E-state index in [-0.39, 0.29) is 5.97 Å².